The molecule has 9 nitrogen and oxygen atoms in total. The highest BCUT2D eigenvalue weighted by Crippen LogP contribution is 2.39. The van der Waals surface area contributed by atoms with Crippen LogP contribution >= 0.6 is 0 Å². The largest absolute Gasteiger partial charge is 0.467 e. The molecule has 0 saturated carbocycles. The van der Waals surface area contributed by atoms with E-state index >= 15 is 0 Å². The van der Waals surface area contributed by atoms with Crippen LogP contribution in [-0.2, 0) is 6.54 Å². The van der Waals surface area contributed by atoms with E-state index in [-0.39, 0.29) is 31.1 Å². The van der Waals surface area contributed by atoms with E-state index in [1.54, 1.807) is 54.5 Å². The van der Waals surface area contributed by atoms with Gasteiger partial charge in [0, 0.05) is 11.3 Å². The second-order valence-corrected chi connectivity index (χ2v) is 8.09. The zero-order valence-electron chi connectivity index (χ0n) is 18.5. The number of hydrogen-bond acceptors (Lipinski definition) is 7. The van der Waals surface area contributed by atoms with Gasteiger partial charge in [-0.2, -0.15) is 4.98 Å². The Bertz CT molecular complexity index is 1430. The number of furan rings is 1. The minimum Gasteiger partial charge on any atom is -0.467 e. The highest BCUT2D eigenvalue weighted by atomic mass is 19.1. The van der Waals surface area contributed by atoms with Gasteiger partial charge in [-0.3, -0.25) is 4.90 Å². The molecule has 2 aliphatic heterocycles. The highest BCUT2D eigenvalue weighted by molar-refractivity contribution is 5.86. The lowest BCUT2D eigenvalue weighted by atomic mass is 9.94. The van der Waals surface area contributed by atoms with Crippen molar-refractivity contribution in [2.75, 3.05) is 6.79 Å². The minimum absolute atomic E-state index is 0.160. The molecule has 176 valence electrons. The fourth-order valence-corrected chi connectivity index (χ4v) is 4.20. The summed E-state index contributed by atoms with van der Waals surface area (Å²) < 4.78 is 35.5. The summed E-state index contributed by atoms with van der Waals surface area (Å²) in [4.78, 5) is 19.2. The SMILES string of the molecule is CC1=C(c2nc(-c3ccc4c(c3)OCO4)no2)C(c2ccc(F)cc2)NC(=O)N1Cc1ccco1. The van der Waals surface area contributed by atoms with E-state index in [1.165, 1.54) is 12.1 Å². The third-order valence-electron chi connectivity index (χ3n) is 5.98. The van der Waals surface area contributed by atoms with Crippen molar-refractivity contribution in [1.82, 2.24) is 20.4 Å². The molecule has 0 fully saturated rings. The monoisotopic (exact) mass is 474 g/mol. The zero-order chi connectivity index (χ0) is 23.9. The van der Waals surface area contributed by atoms with Gasteiger partial charge in [-0.25, -0.2) is 9.18 Å². The molecule has 1 N–H and O–H groups in total. The average Bonchev–Trinajstić information content (AvgIpc) is 3.63. The number of fused-ring (bicyclic) bond motifs is 1. The topological polar surface area (TPSA) is 103 Å². The Labute approximate surface area is 198 Å². The predicted molar refractivity (Wildman–Crippen MR) is 120 cm³/mol. The van der Waals surface area contributed by atoms with Crippen LogP contribution in [0.15, 0.2) is 75.5 Å². The summed E-state index contributed by atoms with van der Waals surface area (Å²) in [6.45, 7) is 2.18. The van der Waals surface area contributed by atoms with Gasteiger partial charge < -0.3 is 23.7 Å². The summed E-state index contributed by atoms with van der Waals surface area (Å²) in [7, 11) is 0. The Morgan fingerprint density at radius 2 is 1.94 bits per heavy atom. The van der Waals surface area contributed by atoms with Gasteiger partial charge in [0.2, 0.25) is 12.6 Å². The van der Waals surface area contributed by atoms with E-state index in [1.807, 2.05) is 6.07 Å². The molecule has 1 unspecified atom stereocenters. The van der Waals surface area contributed by atoms with Gasteiger partial charge in [-0.05, 0) is 55.0 Å². The normalized spacial score (nSPS) is 17.1. The molecular formula is C25H19FN4O5. The highest BCUT2D eigenvalue weighted by Gasteiger charge is 2.36. The maximum absolute atomic E-state index is 13.6. The molecule has 2 amide bonds. The molecule has 10 heteroatoms. The van der Waals surface area contributed by atoms with Gasteiger partial charge in [0.1, 0.15) is 11.6 Å². The molecule has 0 saturated heterocycles. The van der Waals surface area contributed by atoms with Crippen LogP contribution in [0.2, 0.25) is 0 Å². The van der Waals surface area contributed by atoms with Crippen LogP contribution in [0.4, 0.5) is 9.18 Å². The number of ether oxygens (including phenoxy) is 2. The number of hydrogen-bond donors (Lipinski definition) is 1. The molecule has 2 aromatic carbocycles. The first-order valence-electron chi connectivity index (χ1n) is 10.9. The van der Waals surface area contributed by atoms with Crippen LogP contribution in [0.25, 0.3) is 17.0 Å². The van der Waals surface area contributed by atoms with Crippen LogP contribution in [-0.4, -0.2) is 27.9 Å². The molecular weight excluding hydrogens is 455 g/mol. The van der Waals surface area contributed by atoms with E-state index in [9.17, 15) is 9.18 Å². The Hall–Kier alpha value is -4.60. The van der Waals surface area contributed by atoms with Gasteiger partial charge in [0.25, 0.3) is 5.89 Å². The molecule has 4 aromatic rings. The fraction of sp³-hybridized carbons (Fsp3) is 0.160. The molecule has 35 heavy (non-hydrogen) atoms. The first-order valence-corrected chi connectivity index (χ1v) is 10.9. The van der Waals surface area contributed by atoms with E-state index in [2.05, 4.69) is 15.5 Å². The number of halogens is 1. The minimum atomic E-state index is -0.624. The van der Waals surface area contributed by atoms with Crippen molar-refractivity contribution in [3.63, 3.8) is 0 Å². The van der Waals surface area contributed by atoms with Crippen LogP contribution in [0.1, 0.15) is 30.2 Å². The summed E-state index contributed by atoms with van der Waals surface area (Å²) in [5.74, 6) is 2.07. The van der Waals surface area contributed by atoms with Gasteiger partial charge in [-0.15, -0.1) is 0 Å². The number of benzene rings is 2. The second-order valence-electron chi connectivity index (χ2n) is 8.09. The summed E-state index contributed by atoms with van der Waals surface area (Å²) >= 11 is 0. The van der Waals surface area contributed by atoms with Gasteiger partial charge in [-0.1, -0.05) is 17.3 Å². The summed E-state index contributed by atoms with van der Waals surface area (Å²) in [5, 5.41) is 7.13. The number of carbonyl (C=O) groups excluding carboxylic acids is 1. The van der Waals surface area contributed by atoms with E-state index in [0.29, 0.717) is 45.5 Å². The number of rotatable bonds is 5. The van der Waals surface area contributed by atoms with Gasteiger partial charge >= 0.3 is 6.03 Å². The van der Waals surface area contributed by atoms with Crippen molar-refractivity contribution in [2.24, 2.45) is 0 Å². The summed E-state index contributed by atoms with van der Waals surface area (Å²) in [5.41, 5.74) is 2.57. The van der Waals surface area contributed by atoms with Crippen LogP contribution < -0.4 is 14.8 Å². The molecule has 2 aliphatic rings. The first kappa shape index (κ1) is 21.0. The average molecular weight is 474 g/mol. The molecule has 0 radical (unpaired) electrons. The van der Waals surface area contributed by atoms with Crippen molar-refractivity contribution >= 4 is 11.6 Å². The molecule has 0 aliphatic carbocycles. The molecule has 0 spiro atoms. The Kier molecular flexibility index (Phi) is 4.98. The number of nitrogens with one attached hydrogen (secondary N) is 1. The number of nitrogens with zero attached hydrogens (tertiary/aromatic N) is 3. The van der Waals surface area contributed by atoms with Crippen molar-refractivity contribution in [1.29, 1.82) is 0 Å². The Morgan fingerprint density at radius 1 is 1.11 bits per heavy atom. The maximum Gasteiger partial charge on any atom is 0.322 e. The molecule has 2 aromatic heterocycles. The Balaban J connectivity index is 1.43. The smallest absolute Gasteiger partial charge is 0.322 e. The third kappa shape index (κ3) is 3.78. The predicted octanol–water partition coefficient (Wildman–Crippen LogP) is 4.90. The number of allylic oxidation sites excluding steroid dienone is 1. The lowest BCUT2D eigenvalue weighted by Crippen LogP contribution is -2.45. The Morgan fingerprint density at radius 3 is 2.74 bits per heavy atom. The third-order valence-corrected chi connectivity index (χ3v) is 5.98. The van der Waals surface area contributed by atoms with Crippen LogP contribution in [0.5, 0.6) is 11.5 Å². The fourth-order valence-electron chi connectivity index (χ4n) is 4.20. The quantitative estimate of drug-likeness (QED) is 0.439. The second kappa shape index (κ2) is 8.32. The first-order chi connectivity index (χ1) is 17.1. The van der Waals surface area contributed by atoms with E-state index in [0.717, 1.165) is 0 Å². The molecule has 0 bridgehead atoms. The summed E-state index contributed by atoms with van der Waals surface area (Å²) in [6, 6.07) is 13.9. The van der Waals surface area contributed by atoms with Crippen LogP contribution in [0, 0.1) is 5.82 Å². The zero-order valence-corrected chi connectivity index (χ0v) is 18.5. The van der Waals surface area contributed by atoms with E-state index < -0.39 is 6.04 Å². The molecule has 6 rings (SSSR count). The lowest BCUT2D eigenvalue weighted by Gasteiger charge is -2.34. The van der Waals surface area contributed by atoms with Crippen molar-refractivity contribution in [2.45, 2.75) is 19.5 Å². The molecule has 4 heterocycles. The van der Waals surface area contributed by atoms with Crippen LogP contribution in [0.3, 0.4) is 0 Å². The summed E-state index contributed by atoms with van der Waals surface area (Å²) in [6.07, 6.45) is 1.55. The van der Waals surface area contributed by atoms with Crippen molar-refractivity contribution in [3.05, 3.63) is 89.6 Å². The van der Waals surface area contributed by atoms with Crippen molar-refractivity contribution < 1.29 is 27.6 Å². The van der Waals surface area contributed by atoms with Gasteiger partial charge in [0.15, 0.2) is 11.5 Å². The van der Waals surface area contributed by atoms with E-state index in [4.69, 9.17) is 18.4 Å². The van der Waals surface area contributed by atoms with Crippen molar-refractivity contribution in [3.8, 4) is 22.9 Å². The standard InChI is InChI=1S/C25H19FN4O5/c1-14-21(24-28-23(29-35-24)16-6-9-19-20(11-16)34-13-33-19)22(15-4-7-17(26)8-5-15)27-25(31)30(14)12-18-3-2-10-32-18/h2-11,22H,12-13H2,1H3,(H,27,31). The molecule has 1 atom stereocenters. The number of aromatic nitrogens is 2. The maximum atomic E-state index is 13.6. The number of amides is 2. The number of carbonyl (C=O) groups is 1. The lowest BCUT2D eigenvalue weighted by molar-refractivity contribution is 0.174. The van der Waals surface area contributed by atoms with Gasteiger partial charge in [0.05, 0.1) is 24.4 Å². The number of urea groups is 1.